The fraction of sp³-hybridized carbons (Fsp3) is 0.429. The van der Waals surface area contributed by atoms with Crippen LogP contribution in [0.4, 0.5) is 0 Å². The van der Waals surface area contributed by atoms with Crippen LogP contribution in [0.5, 0.6) is 0 Å². The predicted molar refractivity (Wildman–Crippen MR) is 78.2 cm³/mol. The Kier molecular flexibility index (Phi) is 7.03. The lowest BCUT2D eigenvalue weighted by atomic mass is 10.2. The zero-order valence-electron chi connectivity index (χ0n) is 10.7. The van der Waals surface area contributed by atoms with Crippen molar-refractivity contribution in [1.29, 1.82) is 0 Å². The first-order valence-corrected chi connectivity index (χ1v) is 6.74. The minimum Gasteiger partial charge on any atom is -0.358 e. The SMILES string of the molecule is CCCCCC(=O)NC(=S)NCc1ccccc1. The van der Waals surface area contributed by atoms with Crippen molar-refractivity contribution in [2.75, 3.05) is 0 Å². The third-order valence-electron chi connectivity index (χ3n) is 2.56. The molecule has 98 valence electrons. The molecule has 0 aliphatic carbocycles. The Bertz CT molecular complexity index is 379. The van der Waals surface area contributed by atoms with Crippen LogP contribution in [0.2, 0.25) is 0 Å². The number of amides is 1. The van der Waals surface area contributed by atoms with Crippen LogP contribution < -0.4 is 10.6 Å². The molecular formula is C14H20N2OS. The number of hydrogen-bond donors (Lipinski definition) is 2. The summed E-state index contributed by atoms with van der Waals surface area (Å²) >= 11 is 5.07. The Morgan fingerprint density at radius 3 is 2.61 bits per heavy atom. The van der Waals surface area contributed by atoms with Crippen molar-refractivity contribution in [2.24, 2.45) is 0 Å². The quantitative estimate of drug-likeness (QED) is 0.613. The zero-order chi connectivity index (χ0) is 13.2. The first kappa shape index (κ1) is 14.6. The minimum atomic E-state index is -0.00554. The summed E-state index contributed by atoms with van der Waals surface area (Å²) in [5, 5.41) is 6.11. The molecule has 1 aromatic carbocycles. The molecule has 0 saturated heterocycles. The maximum Gasteiger partial charge on any atom is 0.226 e. The molecular weight excluding hydrogens is 244 g/mol. The lowest BCUT2D eigenvalue weighted by Gasteiger charge is -2.09. The van der Waals surface area contributed by atoms with Crippen molar-refractivity contribution in [3.05, 3.63) is 35.9 Å². The van der Waals surface area contributed by atoms with Crippen LogP contribution in [0.3, 0.4) is 0 Å². The molecule has 0 aliphatic rings. The Labute approximate surface area is 114 Å². The number of unbranched alkanes of at least 4 members (excludes halogenated alkanes) is 2. The van der Waals surface area contributed by atoms with E-state index in [0.717, 1.165) is 24.8 Å². The van der Waals surface area contributed by atoms with Crippen LogP contribution >= 0.6 is 12.2 Å². The van der Waals surface area contributed by atoms with Crippen molar-refractivity contribution in [3.8, 4) is 0 Å². The molecule has 4 heteroatoms. The number of nitrogens with one attached hydrogen (secondary N) is 2. The number of benzene rings is 1. The Morgan fingerprint density at radius 2 is 1.94 bits per heavy atom. The Hall–Kier alpha value is -1.42. The average molecular weight is 264 g/mol. The van der Waals surface area contributed by atoms with Crippen LogP contribution in [0.1, 0.15) is 38.2 Å². The summed E-state index contributed by atoms with van der Waals surface area (Å²) < 4.78 is 0. The molecule has 0 atom stereocenters. The van der Waals surface area contributed by atoms with Crippen molar-refractivity contribution < 1.29 is 4.79 Å². The van der Waals surface area contributed by atoms with Gasteiger partial charge in [-0.25, -0.2) is 0 Å². The van der Waals surface area contributed by atoms with E-state index in [4.69, 9.17) is 12.2 Å². The third kappa shape index (κ3) is 6.35. The van der Waals surface area contributed by atoms with Crippen LogP contribution in [-0.4, -0.2) is 11.0 Å². The third-order valence-corrected chi connectivity index (χ3v) is 2.80. The Morgan fingerprint density at radius 1 is 1.22 bits per heavy atom. The number of carbonyl (C=O) groups is 1. The highest BCUT2D eigenvalue weighted by molar-refractivity contribution is 7.80. The van der Waals surface area contributed by atoms with E-state index in [9.17, 15) is 4.79 Å². The molecule has 0 unspecified atom stereocenters. The van der Waals surface area contributed by atoms with Crippen molar-refractivity contribution in [1.82, 2.24) is 10.6 Å². The molecule has 0 radical (unpaired) electrons. The van der Waals surface area contributed by atoms with Crippen LogP contribution in [0, 0.1) is 0 Å². The van der Waals surface area contributed by atoms with E-state index in [1.54, 1.807) is 0 Å². The van der Waals surface area contributed by atoms with Crippen LogP contribution in [0.15, 0.2) is 30.3 Å². The summed E-state index contributed by atoms with van der Waals surface area (Å²) in [6.45, 7) is 2.75. The predicted octanol–water partition coefficient (Wildman–Crippen LogP) is 2.76. The van der Waals surface area contributed by atoms with Gasteiger partial charge in [0.05, 0.1) is 0 Å². The van der Waals surface area contributed by atoms with Crippen molar-refractivity contribution in [2.45, 2.75) is 39.2 Å². The number of rotatable bonds is 6. The second-order valence-electron chi connectivity index (χ2n) is 4.17. The number of thiocarbonyl (C=S) groups is 1. The van der Waals surface area contributed by atoms with E-state index in [2.05, 4.69) is 17.6 Å². The molecule has 0 fully saturated rings. The van der Waals surface area contributed by atoms with E-state index in [1.807, 2.05) is 30.3 Å². The first-order valence-electron chi connectivity index (χ1n) is 6.34. The minimum absolute atomic E-state index is 0.00554. The molecule has 18 heavy (non-hydrogen) atoms. The largest absolute Gasteiger partial charge is 0.358 e. The first-order chi connectivity index (χ1) is 8.72. The van der Waals surface area contributed by atoms with Gasteiger partial charge in [0.15, 0.2) is 5.11 Å². The summed E-state index contributed by atoms with van der Waals surface area (Å²) in [6, 6.07) is 9.95. The zero-order valence-corrected chi connectivity index (χ0v) is 11.6. The topological polar surface area (TPSA) is 41.1 Å². The number of carbonyl (C=O) groups excluding carboxylic acids is 1. The van der Waals surface area contributed by atoms with Gasteiger partial charge in [-0.2, -0.15) is 0 Å². The van der Waals surface area contributed by atoms with Gasteiger partial charge in [-0.15, -0.1) is 0 Å². The van der Waals surface area contributed by atoms with Gasteiger partial charge in [0, 0.05) is 13.0 Å². The lowest BCUT2D eigenvalue weighted by Crippen LogP contribution is -2.38. The summed E-state index contributed by atoms with van der Waals surface area (Å²) in [4.78, 5) is 11.5. The average Bonchev–Trinajstić information content (AvgIpc) is 2.38. The molecule has 0 heterocycles. The Balaban J connectivity index is 2.19. The van der Waals surface area contributed by atoms with Crippen LogP contribution in [0.25, 0.3) is 0 Å². The molecule has 0 aromatic heterocycles. The second-order valence-corrected chi connectivity index (χ2v) is 4.58. The van der Waals surface area contributed by atoms with Gasteiger partial charge in [0.25, 0.3) is 0 Å². The molecule has 0 saturated carbocycles. The number of hydrogen-bond acceptors (Lipinski definition) is 2. The maximum atomic E-state index is 11.5. The summed E-state index contributed by atoms with van der Waals surface area (Å²) in [6.07, 6.45) is 3.66. The molecule has 2 N–H and O–H groups in total. The maximum absolute atomic E-state index is 11.5. The highest BCUT2D eigenvalue weighted by Crippen LogP contribution is 1.99. The molecule has 1 rings (SSSR count). The lowest BCUT2D eigenvalue weighted by molar-refractivity contribution is -0.119. The van der Waals surface area contributed by atoms with Gasteiger partial charge in [-0.05, 0) is 24.2 Å². The summed E-state index contributed by atoms with van der Waals surface area (Å²) in [7, 11) is 0. The van der Waals surface area contributed by atoms with Crippen molar-refractivity contribution >= 4 is 23.2 Å². The van der Waals surface area contributed by atoms with Gasteiger partial charge in [0.2, 0.25) is 5.91 Å². The molecule has 0 spiro atoms. The summed E-state index contributed by atoms with van der Waals surface area (Å²) in [5.74, 6) is -0.00554. The molecule has 0 aliphatic heterocycles. The summed E-state index contributed by atoms with van der Waals surface area (Å²) in [5.41, 5.74) is 1.14. The van der Waals surface area contributed by atoms with Crippen molar-refractivity contribution in [3.63, 3.8) is 0 Å². The molecule has 3 nitrogen and oxygen atoms in total. The van der Waals surface area contributed by atoms with E-state index in [0.29, 0.717) is 18.1 Å². The smallest absolute Gasteiger partial charge is 0.226 e. The highest BCUT2D eigenvalue weighted by atomic mass is 32.1. The second kappa shape index (κ2) is 8.64. The molecule has 1 amide bonds. The fourth-order valence-electron chi connectivity index (χ4n) is 1.55. The monoisotopic (exact) mass is 264 g/mol. The molecule has 1 aromatic rings. The van der Waals surface area contributed by atoms with Gasteiger partial charge >= 0.3 is 0 Å². The van der Waals surface area contributed by atoms with E-state index < -0.39 is 0 Å². The van der Waals surface area contributed by atoms with Gasteiger partial charge < -0.3 is 10.6 Å². The molecule has 0 bridgehead atoms. The van der Waals surface area contributed by atoms with Gasteiger partial charge in [-0.1, -0.05) is 50.1 Å². The standard InChI is InChI=1S/C14H20N2OS/c1-2-3-5-10-13(17)16-14(18)15-11-12-8-6-4-7-9-12/h4,6-9H,2-3,5,10-11H2,1H3,(H2,15,16,17,18). The van der Waals surface area contributed by atoms with Crippen LogP contribution in [-0.2, 0) is 11.3 Å². The van der Waals surface area contributed by atoms with E-state index in [1.165, 1.54) is 0 Å². The van der Waals surface area contributed by atoms with E-state index in [-0.39, 0.29) is 5.91 Å². The van der Waals surface area contributed by atoms with E-state index >= 15 is 0 Å². The highest BCUT2D eigenvalue weighted by Gasteiger charge is 2.03. The van der Waals surface area contributed by atoms with Gasteiger partial charge in [0.1, 0.15) is 0 Å². The van der Waals surface area contributed by atoms with Gasteiger partial charge in [-0.3, -0.25) is 4.79 Å². The fourth-order valence-corrected chi connectivity index (χ4v) is 1.73. The normalized spacial score (nSPS) is 9.83.